The largest absolute Gasteiger partial charge is 0.352 e. The third kappa shape index (κ3) is 3.54. The van der Waals surface area contributed by atoms with Crippen LogP contribution < -0.4 is 5.32 Å². The van der Waals surface area contributed by atoms with Crippen molar-refractivity contribution < 1.29 is 0 Å². The number of hydrogen-bond donors (Lipinski definition) is 1. The van der Waals surface area contributed by atoms with Crippen molar-refractivity contribution in [2.75, 3.05) is 27.2 Å². The maximum atomic E-state index is 5.63. The first-order valence-electron chi connectivity index (χ1n) is 7.75. The van der Waals surface area contributed by atoms with Crippen molar-refractivity contribution >= 4 is 28.7 Å². The predicted octanol–water partition coefficient (Wildman–Crippen LogP) is 2.99. The number of pyridine rings is 1. The van der Waals surface area contributed by atoms with E-state index in [0.29, 0.717) is 0 Å². The van der Waals surface area contributed by atoms with E-state index >= 15 is 0 Å². The predicted molar refractivity (Wildman–Crippen MR) is 99.8 cm³/mol. The van der Waals surface area contributed by atoms with E-state index in [1.54, 1.807) is 0 Å². The lowest BCUT2D eigenvalue weighted by Gasteiger charge is -2.27. The summed E-state index contributed by atoms with van der Waals surface area (Å²) in [5.41, 5.74) is 1.04. The molecule has 23 heavy (non-hydrogen) atoms. The van der Waals surface area contributed by atoms with E-state index in [-0.39, 0.29) is 12.1 Å². The molecule has 1 fully saturated rings. The Labute approximate surface area is 147 Å². The maximum absolute atomic E-state index is 5.63. The molecule has 3 rings (SSSR count). The monoisotopic (exact) mass is 346 g/mol. The van der Waals surface area contributed by atoms with Crippen molar-refractivity contribution in [3.8, 4) is 0 Å². The second-order valence-corrected chi connectivity index (χ2v) is 7.78. The smallest absolute Gasteiger partial charge is 0.170 e. The van der Waals surface area contributed by atoms with Crippen molar-refractivity contribution in [3.63, 3.8) is 0 Å². The Hall–Kier alpha value is -1.50. The van der Waals surface area contributed by atoms with Gasteiger partial charge in [-0.15, -0.1) is 11.3 Å². The molecule has 0 aromatic carbocycles. The molecule has 0 unspecified atom stereocenters. The van der Waals surface area contributed by atoms with Gasteiger partial charge in [0.2, 0.25) is 0 Å². The highest BCUT2D eigenvalue weighted by atomic mass is 32.1. The lowest BCUT2D eigenvalue weighted by Crippen LogP contribution is -2.35. The molecule has 2 atom stereocenters. The molecule has 122 valence electrons. The zero-order valence-electron chi connectivity index (χ0n) is 13.7. The standard InChI is InChI=1S/C17H22N4S2/c1-12-7-8-14(23-12)16-15(13-6-4-5-9-18-13)19-17(22)21(16)11-10-20(2)3/h4-9,15-16H,10-11H2,1-3H3,(H,19,22)/t15-,16-/m1/s1. The number of likely N-dealkylation sites (N-methyl/N-ethyl adjacent to an activating group) is 1. The fraction of sp³-hybridized carbons (Fsp3) is 0.412. The van der Waals surface area contributed by atoms with Gasteiger partial charge in [-0.05, 0) is 57.5 Å². The van der Waals surface area contributed by atoms with Gasteiger partial charge >= 0.3 is 0 Å². The van der Waals surface area contributed by atoms with Crippen molar-refractivity contribution in [3.05, 3.63) is 52.0 Å². The third-order valence-electron chi connectivity index (χ3n) is 4.04. The average molecular weight is 347 g/mol. The molecular weight excluding hydrogens is 324 g/mol. The van der Waals surface area contributed by atoms with E-state index in [0.717, 1.165) is 23.9 Å². The first kappa shape index (κ1) is 16.4. The van der Waals surface area contributed by atoms with Gasteiger partial charge in [0.15, 0.2) is 5.11 Å². The first-order valence-corrected chi connectivity index (χ1v) is 8.98. The van der Waals surface area contributed by atoms with Gasteiger partial charge in [-0.2, -0.15) is 0 Å². The van der Waals surface area contributed by atoms with Crippen LogP contribution in [-0.4, -0.2) is 47.1 Å². The Morgan fingerprint density at radius 2 is 2.13 bits per heavy atom. The minimum Gasteiger partial charge on any atom is -0.352 e. The van der Waals surface area contributed by atoms with Gasteiger partial charge < -0.3 is 15.1 Å². The van der Waals surface area contributed by atoms with Crippen LogP contribution in [0.2, 0.25) is 0 Å². The van der Waals surface area contributed by atoms with Crippen LogP contribution in [0, 0.1) is 6.92 Å². The van der Waals surface area contributed by atoms with E-state index in [9.17, 15) is 0 Å². The molecule has 4 nitrogen and oxygen atoms in total. The van der Waals surface area contributed by atoms with Gasteiger partial charge in [-0.1, -0.05) is 6.07 Å². The Morgan fingerprint density at radius 1 is 1.30 bits per heavy atom. The highest BCUT2D eigenvalue weighted by Crippen LogP contribution is 2.40. The minimum absolute atomic E-state index is 0.101. The number of nitrogens with one attached hydrogen (secondary N) is 1. The molecule has 0 saturated carbocycles. The SMILES string of the molecule is Cc1ccc([C@@H]2[C@@H](c3ccccn3)NC(=S)N2CCN(C)C)s1. The van der Waals surface area contributed by atoms with Crippen LogP contribution in [0.5, 0.6) is 0 Å². The number of thiocarbonyl (C=S) groups is 1. The molecule has 6 heteroatoms. The third-order valence-corrected chi connectivity index (χ3v) is 5.46. The van der Waals surface area contributed by atoms with Crippen LogP contribution in [0.25, 0.3) is 0 Å². The van der Waals surface area contributed by atoms with Gasteiger partial charge in [0.25, 0.3) is 0 Å². The summed E-state index contributed by atoms with van der Waals surface area (Å²) in [7, 11) is 4.18. The van der Waals surface area contributed by atoms with Crippen LogP contribution in [0.1, 0.15) is 27.5 Å². The number of rotatable bonds is 5. The fourth-order valence-corrected chi connectivity index (χ4v) is 4.24. The van der Waals surface area contributed by atoms with E-state index in [1.165, 1.54) is 9.75 Å². The second kappa shape index (κ2) is 6.95. The Morgan fingerprint density at radius 3 is 2.74 bits per heavy atom. The van der Waals surface area contributed by atoms with Gasteiger partial charge in [-0.25, -0.2) is 0 Å². The number of thiophene rings is 1. The van der Waals surface area contributed by atoms with E-state index in [4.69, 9.17) is 12.2 Å². The molecule has 0 amide bonds. The molecule has 0 bridgehead atoms. The molecule has 2 aromatic rings. The van der Waals surface area contributed by atoms with Crippen molar-refractivity contribution in [1.82, 2.24) is 20.1 Å². The average Bonchev–Trinajstić information content (AvgIpc) is 3.09. The lowest BCUT2D eigenvalue weighted by molar-refractivity contribution is 0.280. The van der Waals surface area contributed by atoms with Gasteiger partial charge in [-0.3, -0.25) is 4.98 Å². The lowest BCUT2D eigenvalue weighted by atomic mass is 10.0. The summed E-state index contributed by atoms with van der Waals surface area (Å²) in [4.78, 5) is 11.7. The van der Waals surface area contributed by atoms with Crippen molar-refractivity contribution in [2.45, 2.75) is 19.0 Å². The number of nitrogens with zero attached hydrogens (tertiary/aromatic N) is 3. The number of hydrogen-bond acceptors (Lipinski definition) is 4. The van der Waals surface area contributed by atoms with Crippen LogP contribution in [0.4, 0.5) is 0 Å². The molecular formula is C17H22N4S2. The van der Waals surface area contributed by atoms with Gasteiger partial charge in [0, 0.05) is 29.0 Å². The molecule has 1 saturated heterocycles. The van der Waals surface area contributed by atoms with E-state index in [1.807, 2.05) is 29.7 Å². The molecule has 1 aliphatic heterocycles. The topological polar surface area (TPSA) is 31.4 Å². The molecule has 1 N–H and O–H groups in total. The Kier molecular flexibility index (Phi) is 4.94. The van der Waals surface area contributed by atoms with Gasteiger partial charge in [0.05, 0.1) is 17.8 Å². The van der Waals surface area contributed by atoms with Crippen molar-refractivity contribution in [1.29, 1.82) is 0 Å². The fourth-order valence-electron chi connectivity index (χ4n) is 2.88. The zero-order chi connectivity index (χ0) is 16.4. The Balaban J connectivity index is 1.94. The molecule has 2 aromatic heterocycles. The minimum atomic E-state index is 0.101. The summed E-state index contributed by atoms with van der Waals surface area (Å²) in [6.45, 7) is 4.02. The van der Waals surface area contributed by atoms with Crippen molar-refractivity contribution in [2.24, 2.45) is 0 Å². The summed E-state index contributed by atoms with van der Waals surface area (Å²) in [5.74, 6) is 0. The van der Waals surface area contributed by atoms with Crippen LogP contribution in [0.3, 0.4) is 0 Å². The van der Waals surface area contributed by atoms with Crippen LogP contribution >= 0.6 is 23.6 Å². The molecule has 0 radical (unpaired) electrons. The van der Waals surface area contributed by atoms with Crippen LogP contribution in [0.15, 0.2) is 36.5 Å². The van der Waals surface area contributed by atoms with E-state index in [2.05, 4.69) is 59.3 Å². The molecule has 3 heterocycles. The zero-order valence-corrected chi connectivity index (χ0v) is 15.3. The maximum Gasteiger partial charge on any atom is 0.170 e. The number of aromatic nitrogens is 1. The van der Waals surface area contributed by atoms with Gasteiger partial charge in [0.1, 0.15) is 0 Å². The normalized spacial score (nSPS) is 21.0. The van der Waals surface area contributed by atoms with Crippen LogP contribution in [-0.2, 0) is 0 Å². The summed E-state index contributed by atoms with van der Waals surface area (Å²) in [5, 5.41) is 4.30. The van der Waals surface area contributed by atoms with E-state index < -0.39 is 0 Å². The highest BCUT2D eigenvalue weighted by Gasteiger charge is 2.40. The second-order valence-electron chi connectivity index (χ2n) is 6.07. The summed E-state index contributed by atoms with van der Waals surface area (Å²) >= 11 is 7.47. The summed E-state index contributed by atoms with van der Waals surface area (Å²) < 4.78 is 0. The quantitative estimate of drug-likeness (QED) is 0.841. The molecule has 0 spiro atoms. The first-order chi connectivity index (χ1) is 11.1. The number of aryl methyl sites for hydroxylation is 1. The Bertz CT molecular complexity index is 668. The molecule has 0 aliphatic carbocycles. The summed E-state index contributed by atoms with van der Waals surface area (Å²) in [6, 6.07) is 10.8. The summed E-state index contributed by atoms with van der Waals surface area (Å²) in [6.07, 6.45) is 1.85. The molecule has 1 aliphatic rings. The highest BCUT2D eigenvalue weighted by molar-refractivity contribution is 7.80.